The van der Waals surface area contributed by atoms with Crippen molar-refractivity contribution >= 4 is 5.69 Å². The molecule has 0 bridgehead atoms. The largest absolute Gasteiger partial charge is 0.398 e. The van der Waals surface area contributed by atoms with Gasteiger partial charge < -0.3 is 16.2 Å². The topological polar surface area (TPSA) is 71.2 Å². The van der Waals surface area contributed by atoms with Crippen molar-refractivity contribution in [2.24, 2.45) is 0 Å². The van der Waals surface area contributed by atoms with E-state index in [2.05, 4.69) is 10.3 Å². The van der Waals surface area contributed by atoms with Gasteiger partial charge in [-0.3, -0.25) is 4.98 Å². The Labute approximate surface area is 95.9 Å². The summed E-state index contributed by atoms with van der Waals surface area (Å²) in [6.45, 7) is 1.86. The zero-order valence-corrected chi connectivity index (χ0v) is 9.45. The van der Waals surface area contributed by atoms with Gasteiger partial charge in [0.25, 0.3) is 0 Å². The Kier molecular flexibility index (Phi) is 3.41. The SMILES string of the molecule is Nc1ccncc1CC1(O)CCCNCC1. The summed E-state index contributed by atoms with van der Waals surface area (Å²) in [7, 11) is 0. The molecule has 0 amide bonds. The van der Waals surface area contributed by atoms with E-state index in [0.717, 1.165) is 43.6 Å². The third-order valence-electron chi connectivity index (χ3n) is 3.22. The van der Waals surface area contributed by atoms with E-state index in [0.29, 0.717) is 6.42 Å². The number of nitrogen functional groups attached to an aromatic ring is 1. The van der Waals surface area contributed by atoms with E-state index in [1.54, 1.807) is 18.5 Å². The number of nitrogens with two attached hydrogens (primary N) is 1. The fraction of sp³-hybridized carbons (Fsp3) is 0.583. The fourth-order valence-corrected chi connectivity index (χ4v) is 2.23. The molecule has 0 saturated carbocycles. The van der Waals surface area contributed by atoms with Crippen LogP contribution in [0, 0.1) is 0 Å². The first-order valence-electron chi connectivity index (χ1n) is 5.81. The molecule has 1 aliphatic heterocycles. The number of rotatable bonds is 2. The van der Waals surface area contributed by atoms with Crippen molar-refractivity contribution in [3.8, 4) is 0 Å². The predicted octanol–water partition coefficient (Wildman–Crippen LogP) is 0.711. The van der Waals surface area contributed by atoms with Crippen molar-refractivity contribution in [3.63, 3.8) is 0 Å². The van der Waals surface area contributed by atoms with Crippen LogP contribution in [-0.4, -0.2) is 28.8 Å². The van der Waals surface area contributed by atoms with Gasteiger partial charge in [0.2, 0.25) is 0 Å². The highest BCUT2D eigenvalue weighted by atomic mass is 16.3. The second-order valence-corrected chi connectivity index (χ2v) is 4.58. The molecule has 4 N–H and O–H groups in total. The average molecular weight is 221 g/mol. The monoisotopic (exact) mass is 221 g/mol. The summed E-state index contributed by atoms with van der Waals surface area (Å²) < 4.78 is 0. The Morgan fingerprint density at radius 1 is 1.44 bits per heavy atom. The fourth-order valence-electron chi connectivity index (χ4n) is 2.23. The lowest BCUT2D eigenvalue weighted by molar-refractivity contribution is 0.0285. The van der Waals surface area contributed by atoms with Gasteiger partial charge in [-0.15, -0.1) is 0 Å². The van der Waals surface area contributed by atoms with Crippen LogP contribution in [0.3, 0.4) is 0 Å². The molecule has 2 heterocycles. The van der Waals surface area contributed by atoms with E-state index in [1.807, 2.05) is 0 Å². The lowest BCUT2D eigenvalue weighted by atomic mass is 9.88. The molecule has 1 atom stereocenters. The maximum atomic E-state index is 10.5. The van der Waals surface area contributed by atoms with Crippen LogP contribution in [0.25, 0.3) is 0 Å². The first kappa shape index (κ1) is 11.4. The van der Waals surface area contributed by atoms with E-state index in [4.69, 9.17) is 5.73 Å². The van der Waals surface area contributed by atoms with E-state index in [9.17, 15) is 5.11 Å². The number of nitrogens with one attached hydrogen (secondary N) is 1. The van der Waals surface area contributed by atoms with Crippen LogP contribution in [0.1, 0.15) is 24.8 Å². The van der Waals surface area contributed by atoms with Gasteiger partial charge in [-0.1, -0.05) is 0 Å². The molecule has 88 valence electrons. The smallest absolute Gasteiger partial charge is 0.0701 e. The minimum atomic E-state index is -0.624. The first-order chi connectivity index (χ1) is 7.70. The predicted molar refractivity (Wildman–Crippen MR) is 64.0 cm³/mol. The molecule has 16 heavy (non-hydrogen) atoms. The summed E-state index contributed by atoms with van der Waals surface area (Å²) >= 11 is 0. The number of aliphatic hydroxyl groups is 1. The standard InChI is InChI=1S/C12H19N3O/c13-11-2-6-15-9-10(11)8-12(16)3-1-5-14-7-4-12/h2,6,9,14,16H,1,3-5,7-8H2,(H2,13,15). The van der Waals surface area contributed by atoms with Gasteiger partial charge in [0.05, 0.1) is 5.60 Å². The molecule has 1 fully saturated rings. The lowest BCUT2D eigenvalue weighted by Gasteiger charge is -2.26. The second-order valence-electron chi connectivity index (χ2n) is 4.58. The van der Waals surface area contributed by atoms with Gasteiger partial charge in [-0.05, 0) is 44.0 Å². The van der Waals surface area contributed by atoms with Crippen molar-refractivity contribution in [3.05, 3.63) is 24.0 Å². The van der Waals surface area contributed by atoms with Crippen LogP contribution >= 0.6 is 0 Å². The minimum Gasteiger partial charge on any atom is -0.398 e. The van der Waals surface area contributed by atoms with E-state index in [1.165, 1.54) is 0 Å². The highest BCUT2D eigenvalue weighted by Gasteiger charge is 2.28. The molecular weight excluding hydrogens is 202 g/mol. The maximum Gasteiger partial charge on any atom is 0.0701 e. The van der Waals surface area contributed by atoms with Crippen molar-refractivity contribution in [2.75, 3.05) is 18.8 Å². The van der Waals surface area contributed by atoms with Crippen LogP contribution in [0.5, 0.6) is 0 Å². The van der Waals surface area contributed by atoms with Crippen molar-refractivity contribution in [2.45, 2.75) is 31.3 Å². The summed E-state index contributed by atoms with van der Waals surface area (Å²) in [5, 5.41) is 13.8. The highest BCUT2D eigenvalue weighted by Crippen LogP contribution is 2.26. The molecule has 2 rings (SSSR count). The quantitative estimate of drug-likeness (QED) is 0.688. The van der Waals surface area contributed by atoms with Gasteiger partial charge in [-0.25, -0.2) is 0 Å². The van der Waals surface area contributed by atoms with E-state index >= 15 is 0 Å². The minimum absolute atomic E-state index is 0.606. The summed E-state index contributed by atoms with van der Waals surface area (Å²) in [4.78, 5) is 4.06. The molecule has 0 spiro atoms. The Hall–Kier alpha value is -1.13. The Balaban J connectivity index is 2.10. The Morgan fingerprint density at radius 2 is 2.31 bits per heavy atom. The molecular formula is C12H19N3O. The molecule has 0 radical (unpaired) electrons. The van der Waals surface area contributed by atoms with Crippen molar-refractivity contribution < 1.29 is 5.11 Å². The number of nitrogens with zero attached hydrogens (tertiary/aromatic N) is 1. The average Bonchev–Trinajstić information content (AvgIpc) is 2.47. The van der Waals surface area contributed by atoms with Gasteiger partial charge in [0, 0.05) is 24.5 Å². The number of hydrogen-bond donors (Lipinski definition) is 3. The zero-order chi connectivity index (χ0) is 11.4. The summed E-state index contributed by atoms with van der Waals surface area (Å²) in [6.07, 6.45) is 6.66. The molecule has 1 unspecified atom stereocenters. The van der Waals surface area contributed by atoms with Gasteiger partial charge in [0.15, 0.2) is 0 Å². The molecule has 4 nitrogen and oxygen atoms in total. The zero-order valence-electron chi connectivity index (χ0n) is 9.45. The van der Waals surface area contributed by atoms with Crippen LogP contribution < -0.4 is 11.1 Å². The van der Waals surface area contributed by atoms with E-state index in [-0.39, 0.29) is 0 Å². The summed E-state index contributed by atoms with van der Waals surface area (Å²) in [6, 6.07) is 1.79. The molecule has 0 aromatic carbocycles. The van der Waals surface area contributed by atoms with Gasteiger partial charge in [0.1, 0.15) is 0 Å². The highest BCUT2D eigenvalue weighted by molar-refractivity contribution is 5.45. The molecule has 0 aliphatic carbocycles. The molecule has 1 aromatic heterocycles. The molecule has 1 aromatic rings. The van der Waals surface area contributed by atoms with Crippen molar-refractivity contribution in [1.82, 2.24) is 10.3 Å². The third kappa shape index (κ3) is 2.71. The Bertz CT molecular complexity index is 346. The second kappa shape index (κ2) is 4.80. The first-order valence-corrected chi connectivity index (χ1v) is 5.81. The molecule has 4 heteroatoms. The summed E-state index contributed by atoms with van der Waals surface area (Å²) in [5.74, 6) is 0. The van der Waals surface area contributed by atoms with Gasteiger partial charge in [-0.2, -0.15) is 0 Å². The van der Waals surface area contributed by atoms with E-state index < -0.39 is 5.60 Å². The number of pyridine rings is 1. The number of anilines is 1. The number of aromatic nitrogens is 1. The number of hydrogen-bond acceptors (Lipinski definition) is 4. The lowest BCUT2D eigenvalue weighted by Crippen LogP contribution is -2.32. The maximum absolute atomic E-state index is 10.5. The van der Waals surface area contributed by atoms with Gasteiger partial charge >= 0.3 is 0 Å². The molecule has 1 saturated heterocycles. The van der Waals surface area contributed by atoms with Crippen LogP contribution in [0.2, 0.25) is 0 Å². The Morgan fingerprint density at radius 3 is 3.12 bits per heavy atom. The third-order valence-corrected chi connectivity index (χ3v) is 3.22. The van der Waals surface area contributed by atoms with Crippen LogP contribution in [-0.2, 0) is 6.42 Å². The molecule has 1 aliphatic rings. The van der Waals surface area contributed by atoms with Crippen molar-refractivity contribution in [1.29, 1.82) is 0 Å². The van der Waals surface area contributed by atoms with Crippen LogP contribution in [0.4, 0.5) is 5.69 Å². The normalized spacial score (nSPS) is 26.3. The van der Waals surface area contributed by atoms with Crippen LogP contribution in [0.15, 0.2) is 18.5 Å². The summed E-state index contributed by atoms with van der Waals surface area (Å²) in [5.41, 5.74) is 6.92.